The van der Waals surface area contributed by atoms with Crippen LogP contribution in [-0.4, -0.2) is 71.5 Å². The molecule has 2 unspecified atom stereocenters. The summed E-state index contributed by atoms with van der Waals surface area (Å²) >= 11 is 0. The summed E-state index contributed by atoms with van der Waals surface area (Å²) in [4.78, 5) is 13.2. The monoisotopic (exact) mass is 480 g/mol. The predicted octanol–water partition coefficient (Wildman–Crippen LogP) is 1.85. The quantitative estimate of drug-likeness (QED) is 0.353. The normalized spacial score (nSPS) is 47.2. The number of carbonyl (C=O) groups excluding carboxylic acids is 1. The second kappa shape index (κ2) is 8.09. The van der Waals surface area contributed by atoms with Crippen molar-refractivity contribution >= 4 is 5.78 Å². The third kappa shape index (κ3) is 3.73. The molecule has 3 saturated carbocycles. The van der Waals surface area contributed by atoms with Gasteiger partial charge in [-0.1, -0.05) is 13.8 Å². The molecule has 3 fully saturated rings. The van der Waals surface area contributed by atoms with Gasteiger partial charge in [0.05, 0.1) is 35.1 Å². The van der Waals surface area contributed by atoms with Crippen LogP contribution < -0.4 is 0 Å². The SMILES string of the molecule is CC(C)(O)CCC(O)[C@](C)(O)[C@H]1CC[C@@]2(O)C3=CC(=O)C4C[C@@H](O)[C@@H](O)C[C@]4(C)[C@H]3CC[C@]12C. The molecule has 0 heterocycles. The highest BCUT2D eigenvalue weighted by Gasteiger charge is 2.69. The summed E-state index contributed by atoms with van der Waals surface area (Å²) in [6.07, 6.45) is 2.11. The molecule has 0 bridgehead atoms. The minimum atomic E-state index is -1.46. The van der Waals surface area contributed by atoms with E-state index in [0.29, 0.717) is 44.1 Å². The Labute approximate surface area is 202 Å². The zero-order valence-corrected chi connectivity index (χ0v) is 21.3. The van der Waals surface area contributed by atoms with Crippen molar-refractivity contribution in [2.45, 2.75) is 121 Å². The van der Waals surface area contributed by atoms with Crippen LogP contribution in [0.1, 0.15) is 86.0 Å². The van der Waals surface area contributed by atoms with Gasteiger partial charge in [0.25, 0.3) is 0 Å². The molecular formula is C27H44O7. The Hall–Kier alpha value is -0.830. The van der Waals surface area contributed by atoms with Crippen molar-refractivity contribution < 1.29 is 35.4 Å². The number of hydrogen-bond acceptors (Lipinski definition) is 7. The van der Waals surface area contributed by atoms with Gasteiger partial charge in [-0.05, 0) is 101 Å². The number of carbonyl (C=O) groups is 1. The Morgan fingerprint density at radius 2 is 1.71 bits per heavy atom. The first kappa shape index (κ1) is 26.2. The summed E-state index contributed by atoms with van der Waals surface area (Å²) in [6, 6.07) is 0. The van der Waals surface area contributed by atoms with E-state index >= 15 is 0 Å². The van der Waals surface area contributed by atoms with E-state index in [1.165, 1.54) is 0 Å². The molecule has 0 aromatic rings. The topological polar surface area (TPSA) is 138 Å². The van der Waals surface area contributed by atoms with Crippen LogP contribution in [0.3, 0.4) is 0 Å². The Balaban J connectivity index is 1.66. The zero-order chi connectivity index (χ0) is 25.5. The second-order valence-corrected chi connectivity index (χ2v) is 13.2. The van der Waals surface area contributed by atoms with Crippen molar-refractivity contribution in [3.8, 4) is 0 Å². The van der Waals surface area contributed by atoms with Crippen LogP contribution in [-0.2, 0) is 4.79 Å². The van der Waals surface area contributed by atoms with Crippen molar-refractivity contribution in [3.63, 3.8) is 0 Å². The minimum absolute atomic E-state index is 0.0840. The van der Waals surface area contributed by atoms with Gasteiger partial charge < -0.3 is 30.6 Å². The summed E-state index contributed by atoms with van der Waals surface area (Å²) in [5.41, 5.74) is -4.27. The highest BCUT2D eigenvalue weighted by atomic mass is 16.3. The third-order valence-corrected chi connectivity index (χ3v) is 10.5. The van der Waals surface area contributed by atoms with Gasteiger partial charge in [0.1, 0.15) is 0 Å². The molecule has 0 aromatic carbocycles. The summed E-state index contributed by atoms with van der Waals surface area (Å²) in [6.45, 7) is 8.96. The van der Waals surface area contributed by atoms with Gasteiger partial charge in [-0.15, -0.1) is 0 Å². The maximum absolute atomic E-state index is 13.2. The third-order valence-electron chi connectivity index (χ3n) is 10.5. The average molecular weight is 481 g/mol. The van der Waals surface area contributed by atoms with Crippen LogP contribution in [0.2, 0.25) is 0 Å². The molecular weight excluding hydrogens is 436 g/mol. The molecule has 4 aliphatic rings. The molecule has 0 spiro atoms. The first-order chi connectivity index (χ1) is 15.5. The first-order valence-electron chi connectivity index (χ1n) is 12.9. The highest BCUT2D eigenvalue weighted by molar-refractivity contribution is 5.95. The van der Waals surface area contributed by atoms with E-state index in [-0.39, 0.29) is 36.4 Å². The number of aliphatic hydroxyl groups is 6. The lowest BCUT2D eigenvalue weighted by molar-refractivity contribution is -0.177. The zero-order valence-electron chi connectivity index (χ0n) is 21.3. The smallest absolute Gasteiger partial charge is 0.159 e. The predicted molar refractivity (Wildman–Crippen MR) is 127 cm³/mol. The number of allylic oxidation sites excluding steroid dienone is 1. The van der Waals surface area contributed by atoms with Gasteiger partial charge in [0.15, 0.2) is 5.78 Å². The van der Waals surface area contributed by atoms with Crippen molar-refractivity contribution in [2.75, 3.05) is 0 Å². The number of ketones is 1. The van der Waals surface area contributed by atoms with Gasteiger partial charge in [-0.3, -0.25) is 4.79 Å². The van der Waals surface area contributed by atoms with E-state index in [1.807, 2.05) is 13.8 Å². The van der Waals surface area contributed by atoms with E-state index in [4.69, 9.17) is 0 Å². The fraction of sp³-hybridized carbons (Fsp3) is 0.889. The van der Waals surface area contributed by atoms with E-state index in [2.05, 4.69) is 0 Å². The second-order valence-electron chi connectivity index (χ2n) is 13.2. The number of hydrogen-bond donors (Lipinski definition) is 6. The van der Waals surface area contributed by atoms with E-state index < -0.39 is 45.9 Å². The average Bonchev–Trinajstić information content (AvgIpc) is 3.00. The van der Waals surface area contributed by atoms with Crippen LogP contribution in [0.25, 0.3) is 0 Å². The van der Waals surface area contributed by atoms with Crippen LogP contribution >= 0.6 is 0 Å². The first-order valence-corrected chi connectivity index (χ1v) is 12.9. The molecule has 194 valence electrons. The molecule has 0 amide bonds. The summed E-state index contributed by atoms with van der Waals surface area (Å²) < 4.78 is 0. The Morgan fingerprint density at radius 1 is 1.06 bits per heavy atom. The van der Waals surface area contributed by atoms with E-state index in [0.717, 1.165) is 0 Å². The lowest BCUT2D eigenvalue weighted by Gasteiger charge is -2.60. The molecule has 0 radical (unpaired) electrons. The maximum atomic E-state index is 13.2. The van der Waals surface area contributed by atoms with Crippen LogP contribution in [0.4, 0.5) is 0 Å². The Kier molecular flexibility index (Phi) is 6.24. The molecule has 34 heavy (non-hydrogen) atoms. The van der Waals surface area contributed by atoms with Crippen molar-refractivity contribution in [3.05, 3.63) is 11.6 Å². The molecule has 6 N–H and O–H groups in total. The van der Waals surface area contributed by atoms with Gasteiger partial charge in [0.2, 0.25) is 0 Å². The molecule has 4 aliphatic carbocycles. The van der Waals surface area contributed by atoms with Crippen molar-refractivity contribution in [1.29, 1.82) is 0 Å². The summed E-state index contributed by atoms with van der Waals surface area (Å²) in [5.74, 6) is -0.948. The number of rotatable bonds is 5. The van der Waals surface area contributed by atoms with Crippen molar-refractivity contribution in [2.24, 2.45) is 28.6 Å². The fourth-order valence-electron chi connectivity index (χ4n) is 8.32. The molecule has 0 aromatic heterocycles. The number of aliphatic hydroxyl groups excluding tert-OH is 3. The number of fused-ring (bicyclic) bond motifs is 5. The Bertz CT molecular complexity index is 860. The highest BCUT2D eigenvalue weighted by Crippen LogP contribution is 2.68. The Morgan fingerprint density at radius 3 is 2.32 bits per heavy atom. The molecule has 0 saturated heterocycles. The maximum Gasteiger partial charge on any atom is 0.159 e. The van der Waals surface area contributed by atoms with Crippen LogP contribution in [0, 0.1) is 28.6 Å². The molecule has 7 heteroatoms. The lowest BCUT2D eigenvalue weighted by Crippen LogP contribution is -2.62. The van der Waals surface area contributed by atoms with Gasteiger partial charge in [-0.2, -0.15) is 0 Å². The van der Waals surface area contributed by atoms with Gasteiger partial charge in [0, 0.05) is 11.3 Å². The van der Waals surface area contributed by atoms with E-state index in [9.17, 15) is 35.4 Å². The molecule has 0 aliphatic heterocycles. The molecule has 10 atom stereocenters. The molecule has 4 rings (SSSR count). The fourth-order valence-corrected chi connectivity index (χ4v) is 8.32. The van der Waals surface area contributed by atoms with Crippen LogP contribution in [0.5, 0.6) is 0 Å². The lowest BCUT2D eigenvalue weighted by atomic mass is 9.45. The largest absolute Gasteiger partial charge is 0.390 e. The standard InChI is InChI=1S/C27H44O7/c1-23(2,32)9-8-22(31)26(5,33)21-7-11-27(34)16-12-18(28)17-13-19(29)20(30)14-24(17,3)15(16)6-10-25(21,27)4/h12,15,17,19-22,29-34H,6-11,13-14H2,1-5H3/t15-,17?,19+,20-,21-,22?,24+,25+,26+,27+/m0/s1. The van der Waals surface area contributed by atoms with Gasteiger partial charge >= 0.3 is 0 Å². The van der Waals surface area contributed by atoms with Crippen molar-refractivity contribution in [1.82, 2.24) is 0 Å². The van der Waals surface area contributed by atoms with Crippen LogP contribution in [0.15, 0.2) is 11.6 Å². The van der Waals surface area contributed by atoms with E-state index in [1.54, 1.807) is 26.8 Å². The van der Waals surface area contributed by atoms with Gasteiger partial charge in [-0.25, -0.2) is 0 Å². The summed E-state index contributed by atoms with van der Waals surface area (Å²) in [5, 5.41) is 65.5. The summed E-state index contributed by atoms with van der Waals surface area (Å²) in [7, 11) is 0. The minimum Gasteiger partial charge on any atom is -0.390 e. The molecule has 7 nitrogen and oxygen atoms in total.